The first kappa shape index (κ1) is 23.6. The van der Waals surface area contributed by atoms with Crippen LogP contribution in [-0.4, -0.2) is 42.9 Å². The average molecular weight is 502 g/mol. The zero-order valence-corrected chi connectivity index (χ0v) is 21.3. The van der Waals surface area contributed by atoms with Crippen molar-refractivity contribution in [1.82, 2.24) is 19.0 Å². The monoisotopic (exact) mass is 501 g/mol. The van der Waals surface area contributed by atoms with Gasteiger partial charge in [0.25, 0.3) is 0 Å². The average Bonchev–Trinajstić information content (AvgIpc) is 3.55. The molecule has 1 N–H and O–H groups in total. The zero-order chi connectivity index (χ0) is 26.0. The summed E-state index contributed by atoms with van der Waals surface area (Å²) in [5.41, 5.74) is 0.771. The number of carbonyl (C=O) groups excluding carboxylic acids is 1. The number of pyridine rings is 1. The molecule has 0 spiro atoms. The van der Waals surface area contributed by atoms with E-state index in [1.54, 1.807) is 23.1 Å². The van der Waals surface area contributed by atoms with Gasteiger partial charge in [0.1, 0.15) is 24.0 Å². The summed E-state index contributed by atoms with van der Waals surface area (Å²) in [6.07, 6.45) is 4.08. The van der Waals surface area contributed by atoms with E-state index < -0.39 is 11.9 Å². The fourth-order valence-electron chi connectivity index (χ4n) is 6.76. The van der Waals surface area contributed by atoms with Gasteiger partial charge in [0, 0.05) is 23.2 Å². The summed E-state index contributed by atoms with van der Waals surface area (Å²) in [6.45, 7) is 6.96. The highest BCUT2D eigenvalue weighted by atomic mass is 16.6. The van der Waals surface area contributed by atoms with Crippen LogP contribution in [0, 0.1) is 29.1 Å². The number of rotatable bonds is 3. The Kier molecular flexibility index (Phi) is 5.51. The third kappa shape index (κ3) is 3.53. The Balaban J connectivity index is 1.34. The molecule has 3 aromatic rings. The Hall–Kier alpha value is -3.80. The van der Waals surface area contributed by atoms with E-state index in [4.69, 9.17) is 4.74 Å². The topological polar surface area (TPSA) is 113 Å². The van der Waals surface area contributed by atoms with Crippen LogP contribution in [0.15, 0.2) is 35.3 Å². The van der Waals surface area contributed by atoms with Crippen molar-refractivity contribution in [3.63, 3.8) is 0 Å². The smallest absolute Gasteiger partial charge is 0.411 e. The molecule has 1 amide bonds. The minimum absolute atomic E-state index is 0.124. The van der Waals surface area contributed by atoms with Crippen LogP contribution in [-0.2, 0) is 4.74 Å². The first-order chi connectivity index (χ1) is 17.8. The molecule has 2 bridgehead atoms. The summed E-state index contributed by atoms with van der Waals surface area (Å²) in [6, 6.07) is 9.27. The van der Waals surface area contributed by atoms with Gasteiger partial charge in [-0.2, -0.15) is 5.26 Å². The summed E-state index contributed by atoms with van der Waals surface area (Å²) >= 11 is 0. The highest BCUT2D eigenvalue weighted by Crippen LogP contribution is 2.49. The lowest BCUT2D eigenvalue weighted by Crippen LogP contribution is -2.44. The van der Waals surface area contributed by atoms with Crippen molar-refractivity contribution >= 4 is 16.9 Å². The number of likely N-dealkylation sites (tertiary alicyclic amines) is 1. The van der Waals surface area contributed by atoms with Gasteiger partial charge in [0.15, 0.2) is 0 Å². The number of aromatic hydroxyl groups is 1. The number of aromatic nitrogens is 3. The van der Waals surface area contributed by atoms with Gasteiger partial charge in [-0.3, -0.25) is 9.47 Å². The fraction of sp³-hybridized carbons (Fsp3) is 0.500. The first-order valence-electron chi connectivity index (χ1n) is 13.1. The zero-order valence-electron chi connectivity index (χ0n) is 21.3. The van der Waals surface area contributed by atoms with Crippen LogP contribution in [0.3, 0.4) is 0 Å². The predicted octanol–water partition coefficient (Wildman–Crippen LogP) is 4.66. The van der Waals surface area contributed by atoms with Crippen LogP contribution in [0.2, 0.25) is 0 Å². The Labute approximate surface area is 214 Å². The molecule has 4 heterocycles. The van der Waals surface area contributed by atoms with E-state index in [-0.39, 0.29) is 29.7 Å². The Morgan fingerprint density at radius 2 is 1.97 bits per heavy atom. The number of nitrogens with zero attached hydrogens (tertiary/aromatic N) is 5. The Morgan fingerprint density at radius 1 is 1.22 bits per heavy atom. The number of nitriles is 1. The molecule has 1 saturated heterocycles. The van der Waals surface area contributed by atoms with Crippen molar-refractivity contribution in [3.8, 4) is 17.6 Å². The molecule has 2 aromatic heterocycles. The van der Waals surface area contributed by atoms with Gasteiger partial charge < -0.3 is 9.84 Å². The molecule has 3 aliphatic rings. The number of amides is 1. The minimum Gasteiger partial charge on any atom is -0.493 e. The van der Waals surface area contributed by atoms with Crippen molar-refractivity contribution in [2.45, 2.75) is 64.6 Å². The number of imidazole rings is 1. The van der Waals surface area contributed by atoms with Gasteiger partial charge in [0.2, 0.25) is 5.88 Å². The molecule has 6 rings (SSSR count). The third-order valence-corrected chi connectivity index (χ3v) is 8.62. The summed E-state index contributed by atoms with van der Waals surface area (Å²) in [7, 11) is 0. The SMILES string of the molecule is CC(C)[C@@H]1CC[C@@H](C)C[C@H]1OC(=O)N1CC2CC1n1c2c(O)n(-c2cnc(C#N)c3ccccc23)c1=O. The molecule has 192 valence electrons. The van der Waals surface area contributed by atoms with Crippen molar-refractivity contribution in [2.24, 2.45) is 17.8 Å². The normalized spacial score (nSPS) is 26.5. The van der Waals surface area contributed by atoms with Crippen LogP contribution in [0.25, 0.3) is 16.5 Å². The second kappa shape index (κ2) is 8.65. The van der Waals surface area contributed by atoms with Crippen molar-refractivity contribution in [3.05, 3.63) is 52.3 Å². The quantitative estimate of drug-likeness (QED) is 0.558. The van der Waals surface area contributed by atoms with E-state index in [2.05, 4.69) is 31.8 Å². The maximum absolute atomic E-state index is 13.7. The number of hydrogen-bond acceptors (Lipinski definition) is 6. The van der Waals surface area contributed by atoms with E-state index in [0.29, 0.717) is 52.9 Å². The van der Waals surface area contributed by atoms with Gasteiger partial charge in [-0.05, 0) is 37.0 Å². The lowest BCUT2D eigenvalue weighted by Gasteiger charge is -2.38. The van der Waals surface area contributed by atoms with Gasteiger partial charge >= 0.3 is 11.8 Å². The summed E-state index contributed by atoms with van der Waals surface area (Å²) in [4.78, 5) is 33.0. The lowest BCUT2D eigenvalue weighted by atomic mass is 9.75. The number of ether oxygens (including phenoxy) is 1. The molecule has 5 atom stereocenters. The molecule has 2 unspecified atom stereocenters. The van der Waals surface area contributed by atoms with E-state index >= 15 is 0 Å². The Morgan fingerprint density at radius 3 is 2.70 bits per heavy atom. The summed E-state index contributed by atoms with van der Waals surface area (Å²) < 4.78 is 8.87. The molecule has 9 nitrogen and oxygen atoms in total. The van der Waals surface area contributed by atoms with Crippen LogP contribution in [0.1, 0.15) is 69.9 Å². The molecule has 2 fully saturated rings. The van der Waals surface area contributed by atoms with Crippen molar-refractivity contribution < 1.29 is 14.6 Å². The predicted molar refractivity (Wildman–Crippen MR) is 136 cm³/mol. The fourth-order valence-corrected chi connectivity index (χ4v) is 6.76. The van der Waals surface area contributed by atoms with E-state index in [1.807, 2.05) is 6.07 Å². The maximum atomic E-state index is 13.7. The van der Waals surface area contributed by atoms with E-state index in [0.717, 1.165) is 19.3 Å². The first-order valence-corrected chi connectivity index (χ1v) is 13.1. The minimum atomic E-state index is -0.497. The second-order valence-corrected chi connectivity index (χ2v) is 11.2. The number of benzene rings is 1. The highest BCUT2D eigenvalue weighted by Gasteiger charge is 2.50. The van der Waals surface area contributed by atoms with Gasteiger partial charge in [0.05, 0.1) is 17.6 Å². The molecule has 1 aliphatic carbocycles. The number of hydrogen-bond donors (Lipinski definition) is 1. The largest absolute Gasteiger partial charge is 0.493 e. The number of fused-ring (bicyclic) bond motifs is 6. The van der Waals surface area contributed by atoms with Gasteiger partial charge in [-0.15, -0.1) is 0 Å². The second-order valence-electron chi connectivity index (χ2n) is 11.2. The molecular weight excluding hydrogens is 470 g/mol. The van der Waals surface area contributed by atoms with Crippen LogP contribution >= 0.6 is 0 Å². The summed E-state index contributed by atoms with van der Waals surface area (Å²) in [5, 5.41) is 21.9. The molecule has 0 radical (unpaired) electrons. The van der Waals surface area contributed by atoms with Crippen LogP contribution in [0.5, 0.6) is 5.88 Å². The lowest BCUT2D eigenvalue weighted by molar-refractivity contribution is -0.0166. The molecule has 1 aromatic carbocycles. The molecule has 37 heavy (non-hydrogen) atoms. The van der Waals surface area contributed by atoms with E-state index in [1.165, 1.54) is 15.3 Å². The van der Waals surface area contributed by atoms with Gasteiger partial charge in [-0.25, -0.2) is 19.1 Å². The van der Waals surface area contributed by atoms with Crippen molar-refractivity contribution in [2.75, 3.05) is 6.54 Å². The molecular formula is C28H31N5O4. The highest BCUT2D eigenvalue weighted by molar-refractivity contribution is 5.93. The standard InChI is InChI=1S/C28H31N5O4/c1-15(2)18-9-8-16(3)10-23(18)37-28(36)31-14-17-11-24(31)33-25(17)26(34)32(27(33)35)22-13-30-21(12-29)19-6-4-5-7-20(19)22/h4-7,13,15-18,23-24,34H,8-11,14H2,1-3H3/t16-,17?,18+,23-,24?/m1/s1. The Bertz CT molecular complexity index is 1500. The maximum Gasteiger partial charge on any atom is 0.411 e. The van der Waals surface area contributed by atoms with E-state index in [9.17, 15) is 20.0 Å². The number of carbonyl (C=O) groups is 1. The molecule has 2 aliphatic heterocycles. The third-order valence-electron chi connectivity index (χ3n) is 8.62. The molecule has 1 saturated carbocycles. The summed E-state index contributed by atoms with van der Waals surface area (Å²) in [5.74, 6) is 0.981. The van der Waals surface area contributed by atoms with Gasteiger partial charge in [-0.1, -0.05) is 51.5 Å². The van der Waals surface area contributed by atoms with Crippen LogP contribution < -0.4 is 5.69 Å². The van der Waals surface area contributed by atoms with Crippen molar-refractivity contribution in [1.29, 1.82) is 5.26 Å². The van der Waals surface area contributed by atoms with Crippen LogP contribution in [0.4, 0.5) is 4.79 Å². The molecule has 9 heteroatoms.